The van der Waals surface area contributed by atoms with Crippen LogP contribution >= 0.6 is 0 Å². The lowest BCUT2D eigenvalue weighted by atomic mass is 10.2. The first-order valence-corrected chi connectivity index (χ1v) is 5.68. The fraction of sp³-hybridized carbons (Fsp3) is 0.417. The Balaban J connectivity index is 1.98. The zero-order valence-corrected chi connectivity index (χ0v) is 9.89. The first-order valence-electron chi connectivity index (χ1n) is 5.68. The zero-order valence-electron chi connectivity index (χ0n) is 9.89. The Bertz CT molecular complexity index is 400. The molecule has 2 rings (SSSR count). The summed E-state index contributed by atoms with van der Waals surface area (Å²) in [5.74, 6) is -0.896. The van der Waals surface area contributed by atoms with Gasteiger partial charge in [-0.3, -0.25) is 0 Å². The topological polar surface area (TPSA) is 55.8 Å². The number of rotatable bonds is 3. The molecule has 5 nitrogen and oxygen atoms in total. The van der Waals surface area contributed by atoms with E-state index in [9.17, 15) is 4.79 Å². The highest BCUT2D eigenvalue weighted by Gasteiger charge is 2.13. The number of anilines is 1. The summed E-state index contributed by atoms with van der Waals surface area (Å²) in [6.07, 6.45) is 0. The van der Waals surface area contributed by atoms with Crippen LogP contribution in [-0.2, 0) is 0 Å². The van der Waals surface area contributed by atoms with Crippen LogP contribution in [0.25, 0.3) is 0 Å². The molecule has 2 N–H and O–H groups in total. The van der Waals surface area contributed by atoms with E-state index in [1.54, 1.807) is 18.2 Å². The van der Waals surface area contributed by atoms with E-state index < -0.39 is 5.97 Å². The Labute approximate surface area is 101 Å². The standard InChI is InChI=1S/C12H17N3O2/c1-14-5-7-15(8-6-14)13-11-4-2-3-10(9-11)12(16)17/h2-4,9,13H,5-8H2,1H3,(H,16,17). The smallest absolute Gasteiger partial charge is 0.335 e. The van der Waals surface area contributed by atoms with E-state index in [0.717, 1.165) is 31.9 Å². The van der Waals surface area contributed by atoms with Crippen molar-refractivity contribution in [3.05, 3.63) is 29.8 Å². The van der Waals surface area contributed by atoms with Crippen LogP contribution in [0.15, 0.2) is 24.3 Å². The summed E-state index contributed by atoms with van der Waals surface area (Å²) in [6.45, 7) is 3.92. The number of carbonyl (C=O) groups is 1. The first-order chi connectivity index (χ1) is 8.15. The van der Waals surface area contributed by atoms with Gasteiger partial charge in [-0.2, -0.15) is 0 Å². The lowest BCUT2D eigenvalue weighted by Crippen LogP contribution is -2.46. The molecule has 0 atom stereocenters. The molecule has 1 fully saturated rings. The van der Waals surface area contributed by atoms with Crippen molar-refractivity contribution in [2.45, 2.75) is 0 Å². The van der Waals surface area contributed by atoms with Crippen LogP contribution in [0, 0.1) is 0 Å². The molecule has 1 heterocycles. The molecule has 17 heavy (non-hydrogen) atoms. The van der Waals surface area contributed by atoms with Gasteiger partial charge in [0.15, 0.2) is 0 Å². The molecular weight excluding hydrogens is 218 g/mol. The van der Waals surface area contributed by atoms with Gasteiger partial charge < -0.3 is 15.4 Å². The molecule has 0 saturated carbocycles. The van der Waals surface area contributed by atoms with Gasteiger partial charge in [-0.05, 0) is 25.2 Å². The lowest BCUT2D eigenvalue weighted by Gasteiger charge is -2.33. The van der Waals surface area contributed by atoms with Crippen LogP contribution in [0.5, 0.6) is 0 Å². The van der Waals surface area contributed by atoms with Crippen molar-refractivity contribution in [3.63, 3.8) is 0 Å². The Morgan fingerprint density at radius 3 is 2.65 bits per heavy atom. The van der Waals surface area contributed by atoms with E-state index >= 15 is 0 Å². The number of hydrazine groups is 1. The van der Waals surface area contributed by atoms with Crippen molar-refractivity contribution in [2.24, 2.45) is 0 Å². The van der Waals surface area contributed by atoms with Crippen LogP contribution in [0.2, 0.25) is 0 Å². The summed E-state index contributed by atoms with van der Waals surface area (Å²) >= 11 is 0. The van der Waals surface area contributed by atoms with E-state index in [0.29, 0.717) is 5.56 Å². The molecule has 1 aromatic carbocycles. The maximum absolute atomic E-state index is 10.8. The third-order valence-corrected chi connectivity index (χ3v) is 2.90. The number of nitrogens with zero attached hydrogens (tertiary/aromatic N) is 2. The predicted molar refractivity (Wildman–Crippen MR) is 66.1 cm³/mol. The molecule has 5 heteroatoms. The molecule has 0 unspecified atom stereocenters. The van der Waals surface area contributed by atoms with Gasteiger partial charge >= 0.3 is 5.97 Å². The third kappa shape index (κ3) is 3.18. The van der Waals surface area contributed by atoms with Gasteiger partial charge in [0.25, 0.3) is 0 Å². The number of likely N-dealkylation sites (N-methyl/N-ethyl adjacent to an activating group) is 1. The monoisotopic (exact) mass is 235 g/mol. The molecule has 1 saturated heterocycles. The van der Waals surface area contributed by atoms with Crippen LogP contribution in [0.3, 0.4) is 0 Å². The lowest BCUT2D eigenvalue weighted by molar-refractivity contribution is 0.0697. The predicted octanol–water partition coefficient (Wildman–Crippen LogP) is 0.959. The highest BCUT2D eigenvalue weighted by molar-refractivity contribution is 5.88. The minimum Gasteiger partial charge on any atom is -0.478 e. The third-order valence-electron chi connectivity index (χ3n) is 2.90. The number of hydrogen-bond donors (Lipinski definition) is 2. The second-order valence-corrected chi connectivity index (χ2v) is 4.29. The largest absolute Gasteiger partial charge is 0.478 e. The van der Waals surface area contributed by atoms with Crippen molar-refractivity contribution in [3.8, 4) is 0 Å². The summed E-state index contributed by atoms with van der Waals surface area (Å²) in [5, 5.41) is 11.0. The van der Waals surface area contributed by atoms with Gasteiger partial charge in [-0.25, -0.2) is 9.80 Å². The maximum atomic E-state index is 10.8. The number of carboxylic acids is 1. The fourth-order valence-corrected chi connectivity index (χ4v) is 1.82. The van der Waals surface area contributed by atoms with E-state index in [1.165, 1.54) is 0 Å². The Hall–Kier alpha value is -1.59. The van der Waals surface area contributed by atoms with E-state index in [4.69, 9.17) is 5.11 Å². The van der Waals surface area contributed by atoms with Gasteiger partial charge in [0, 0.05) is 31.9 Å². The Morgan fingerprint density at radius 1 is 1.29 bits per heavy atom. The summed E-state index contributed by atoms with van der Waals surface area (Å²) in [6, 6.07) is 6.88. The number of benzene rings is 1. The second-order valence-electron chi connectivity index (χ2n) is 4.29. The Kier molecular flexibility index (Phi) is 3.61. The van der Waals surface area contributed by atoms with Crippen molar-refractivity contribution in [1.29, 1.82) is 0 Å². The molecule has 1 aliphatic heterocycles. The van der Waals surface area contributed by atoms with Gasteiger partial charge in [0.05, 0.1) is 5.56 Å². The zero-order chi connectivity index (χ0) is 12.3. The maximum Gasteiger partial charge on any atom is 0.335 e. The molecule has 0 aromatic heterocycles. The molecular formula is C12H17N3O2. The van der Waals surface area contributed by atoms with Crippen molar-refractivity contribution in [2.75, 3.05) is 38.7 Å². The number of nitrogens with one attached hydrogen (secondary N) is 1. The van der Waals surface area contributed by atoms with Crippen LogP contribution in [0.1, 0.15) is 10.4 Å². The number of aromatic carboxylic acids is 1. The summed E-state index contributed by atoms with van der Waals surface area (Å²) in [7, 11) is 2.10. The highest BCUT2D eigenvalue weighted by atomic mass is 16.4. The molecule has 0 aliphatic carbocycles. The normalized spacial score (nSPS) is 17.9. The van der Waals surface area contributed by atoms with Crippen molar-refractivity contribution in [1.82, 2.24) is 9.91 Å². The number of hydrogen-bond acceptors (Lipinski definition) is 4. The second kappa shape index (κ2) is 5.16. The van der Waals surface area contributed by atoms with E-state index in [1.807, 2.05) is 6.07 Å². The molecule has 0 spiro atoms. The fourth-order valence-electron chi connectivity index (χ4n) is 1.82. The van der Waals surface area contributed by atoms with Gasteiger partial charge in [0.2, 0.25) is 0 Å². The average Bonchev–Trinajstić information content (AvgIpc) is 2.32. The van der Waals surface area contributed by atoms with Crippen LogP contribution < -0.4 is 5.43 Å². The molecule has 0 amide bonds. The Morgan fingerprint density at radius 2 is 2.00 bits per heavy atom. The minimum atomic E-state index is -0.896. The van der Waals surface area contributed by atoms with E-state index in [-0.39, 0.29) is 0 Å². The quantitative estimate of drug-likeness (QED) is 0.817. The number of piperazine rings is 1. The highest BCUT2D eigenvalue weighted by Crippen LogP contribution is 2.12. The molecule has 0 bridgehead atoms. The van der Waals surface area contributed by atoms with Crippen LogP contribution in [-0.4, -0.2) is 54.2 Å². The van der Waals surface area contributed by atoms with Gasteiger partial charge in [0.1, 0.15) is 0 Å². The van der Waals surface area contributed by atoms with Crippen molar-refractivity contribution < 1.29 is 9.90 Å². The minimum absolute atomic E-state index is 0.309. The molecule has 1 aliphatic rings. The molecule has 92 valence electrons. The van der Waals surface area contributed by atoms with Gasteiger partial charge in [-0.15, -0.1) is 0 Å². The van der Waals surface area contributed by atoms with Gasteiger partial charge in [-0.1, -0.05) is 6.07 Å². The molecule has 0 radical (unpaired) electrons. The first kappa shape index (κ1) is 11.9. The SMILES string of the molecule is CN1CCN(Nc2cccc(C(=O)O)c2)CC1. The average molecular weight is 235 g/mol. The van der Waals surface area contributed by atoms with E-state index in [2.05, 4.69) is 22.4 Å². The summed E-state index contributed by atoms with van der Waals surface area (Å²) < 4.78 is 0. The van der Waals surface area contributed by atoms with Crippen molar-refractivity contribution >= 4 is 11.7 Å². The molecule has 1 aromatic rings. The summed E-state index contributed by atoms with van der Waals surface area (Å²) in [4.78, 5) is 13.1. The summed E-state index contributed by atoms with van der Waals surface area (Å²) in [5.41, 5.74) is 4.38. The number of carboxylic acid groups (broad SMARTS) is 1. The van der Waals surface area contributed by atoms with Crippen LogP contribution in [0.4, 0.5) is 5.69 Å².